The smallest absolute Gasteiger partial charge is 0.374 e. The van der Waals surface area contributed by atoms with E-state index in [0.29, 0.717) is 0 Å². The minimum atomic E-state index is -5.00. The molecule has 0 fully saturated rings. The van der Waals surface area contributed by atoms with E-state index in [1.165, 1.54) is 20.2 Å². The first kappa shape index (κ1) is 18.8. The van der Waals surface area contributed by atoms with Crippen LogP contribution in [0.4, 0.5) is 26.3 Å². The van der Waals surface area contributed by atoms with E-state index in [9.17, 15) is 31.4 Å². The Morgan fingerprint density at radius 1 is 1.27 bits per heavy atom. The van der Waals surface area contributed by atoms with Gasteiger partial charge < -0.3 is 15.0 Å². The predicted octanol–water partition coefficient (Wildman–Crippen LogP) is 2.49. The number of aromatic nitrogens is 2. The summed E-state index contributed by atoms with van der Waals surface area (Å²) in [6.45, 7) is 0.765. The van der Waals surface area contributed by atoms with Crippen LogP contribution < -0.4 is 5.32 Å². The molecule has 1 rings (SSSR count). The number of aliphatic hydroxyl groups is 1. The van der Waals surface area contributed by atoms with Gasteiger partial charge in [-0.3, -0.25) is 0 Å². The maximum absolute atomic E-state index is 13.1. The van der Waals surface area contributed by atoms with Crippen molar-refractivity contribution in [3.05, 3.63) is 18.2 Å². The van der Waals surface area contributed by atoms with Gasteiger partial charge in [0.1, 0.15) is 5.82 Å². The second-order valence-electron chi connectivity index (χ2n) is 5.14. The van der Waals surface area contributed by atoms with Crippen LogP contribution in [-0.4, -0.2) is 39.6 Å². The Bertz CT molecular complexity index is 484. The zero-order valence-electron chi connectivity index (χ0n) is 12.0. The molecule has 0 saturated heterocycles. The first-order valence-corrected chi connectivity index (χ1v) is 6.44. The molecule has 4 nitrogen and oxygen atoms in total. The van der Waals surface area contributed by atoms with Gasteiger partial charge >= 0.3 is 12.4 Å². The van der Waals surface area contributed by atoms with Crippen LogP contribution in [0.5, 0.6) is 0 Å². The standard InChI is InChI=1S/C12H17F6N3O/c1-8(7-11(13,14)15)19-4-3-10(22,12(16,17)18)9-20-5-6-21(9)2/h5-6,8,19,22H,3-4,7H2,1-2H3. The topological polar surface area (TPSA) is 50.1 Å². The van der Waals surface area contributed by atoms with Crippen molar-refractivity contribution in [1.29, 1.82) is 0 Å². The monoisotopic (exact) mass is 333 g/mol. The molecular weight excluding hydrogens is 316 g/mol. The largest absolute Gasteiger partial charge is 0.424 e. The number of alkyl halides is 6. The van der Waals surface area contributed by atoms with Gasteiger partial charge in [-0.1, -0.05) is 0 Å². The van der Waals surface area contributed by atoms with Gasteiger partial charge in [-0.05, 0) is 13.5 Å². The minimum Gasteiger partial charge on any atom is -0.374 e. The molecular formula is C12H17F6N3O. The lowest BCUT2D eigenvalue weighted by Gasteiger charge is -2.30. The average molecular weight is 333 g/mol. The third-order valence-corrected chi connectivity index (χ3v) is 3.18. The summed E-state index contributed by atoms with van der Waals surface area (Å²) in [5.74, 6) is -0.606. The molecule has 0 aliphatic heterocycles. The van der Waals surface area contributed by atoms with Crippen LogP contribution >= 0.6 is 0 Å². The molecule has 0 amide bonds. The molecule has 0 radical (unpaired) electrons. The minimum absolute atomic E-state index is 0.444. The zero-order valence-corrected chi connectivity index (χ0v) is 12.0. The van der Waals surface area contributed by atoms with Crippen molar-refractivity contribution in [2.24, 2.45) is 7.05 Å². The molecule has 2 N–H and O–H groups in total. The number of imidazole rings is 1. The second kappa shape index (κ2) is 6.45. The first-order chi connectivity index (χ1) is 9.87. The Morgan fingerprint density at radius 2 is 1.86 bits per heavy atom. The van der Waals surface area contributed by atoms with Crippen molar-refractivity contribution >= 4 is 0 Å². The Hall–Kier alpha value is -1.29. The average Bonchev–Trinajstić information content (AvgIpc) is 2.71. The number of aryl methyl sites for hydroxylation is 1. The second-order valence-corrected chi connectivity index (χ2v) is 5.14. The fraction of sp³-hybridized carbons (Fsp3) is 0.750. The van der Waals surface area contributed by atoms with Gasteiger partial charge in [0, 0.05) is 31.9 Å². The van der Waals surface area contributed by atoms with E-state index in [2.05, 4.69) is 10.3 Å². The maximum atomic E-state index is 13.1. The van der Waals surface area contributed by atoms with Crippen LogP contribution in [0, 0.1) is 0 Å². The van der Waals surface area contributed by atoms with E-state index in [-0.39, 0.29) is 0 Å². The van der Waals surface area contributed by atoms with Gasteiger partial charge in [-0.15, -0.1) is 0 Å². The van der Waals surface area contributed by atoms with Crippen molar-refractivity contribution < 1.29 is 31.4 Å². The predicted molar refractivity (Wildman–Crippen MR) is 65.9 cm³/mol. The van der Waals surface area contributed by atoms with Crippen molar-refractivity contribution in [1.82, 2.24) is 14.9 Å². The van der Waals surface area contributed by atoms with Crippen LogP contribution in [0.2, 0.25) is 0 Å². The number of nitrogens with zero attached hydrogens (tertiary/aromatic N) is 2. The molecule has 0 saturated carbocycles. The fourth-order valence-electron chi connectivity index (χ4n) is 2.06. The molecule has 1 heterocycles. The molecule has 0 aliphatic carbocycles. The Balaban J connectivity index is 2.75. The summed E-state index contributed by atoms with van der Waals surface area (Å²) >= 11 is 0. The Labute approximate surface area is 123 Å². The third kappa shape index (κ3) is 4.60. The molecule has 1 aromatic rings. The molecule has 2 unspecified atom stereocenters. The number of hydrogen-bond acceptors (Lipinski definition) is 3. The number of halogens is 6. The molecule has 0 aliphatic rings. The van der Waals surface area contributed by atoms with E-state index in [1.54, 1.807) is 0 Å². The molecule has 0 spiro atoms. The van der Waals surface area contributed by atoms with Crippen LogP contribution in [0.3, 0.4) is 0 Å². The normalized spacial score (nSPS) is 17.3. The van der Waals surface area contributed by atoms with Crippen LogP contribution in [-0.2, 0) is 12.6 Å². The van der Waals surface area contributed by atoms with Crippen molar-refractivity contribution in [2.45, 2.75) is 43.8 Å². The summed E-state index contributed by atoms with van der Waals surface area (Å²) in [6, 6.07) is -1.06. The van der Waals surface area contributed by atoms with Crippen LogP contribution in [0.1, 0.15) is 25.6 Å². The molecule has 2 atom stereocenters. The SMILES string of the molecule is CC(CC(F)(F)F)NCCC(O)(c1nccn1C)C(F)(F)F. The summed E-state index contributed by atoms with van der Waals surface area (Å²) in [7, 11) is 1.29. The molecule has 10 heteroatoms. The zero-order chi connectivity index (χ0) is 17.2. The summed E-state index contributed by atoms with van der Waals surface area (Å²) in [6.07, 6.45) is -9.08. The molecule has 1 aromatic heterocycles. The van der Waals surface area contributed by atoms with E-state index < -0.39 is 49.2 Å². The van der Waals surface area contributed by atoms with Gasteiger partial charge in [0.25, 0.3) is 0 Å². The highest BCUT2D eigenvalue weighted by molar-refractivity contribution is 5.08. The van der Waals surface area contributed by atoms with Gasteiger partial charge in [-0.2, -0.15) is 26.3 Å². The van der Waals surface area contributed by atoms with Gasteiger partial charge in [0.2, 0.25) is 5.60 Å². The lowest BCUT2D eigenvalue weighted by molar-refractivity contribution is -0.272. The van der Waals surface area contributed by atoms with E-state index in [0.717, 1.165) is 10.8 Å². The summed E-state index contributed by atoms with van der Waals surface area (Å²) in [5, 5.41) is 12.3. The number of nitrogens with one attached hydrogen (secondary N) is 1. The number of hydrogen-bond donors (Lipinski definition) is 2. The molecule has 0 aromatic carbocycles. The van der Waals surface area contributed by atoms with E-state index in [4.69, 9.17) is 0 Å². The van der Waals surface area contributed by atoms with Gasteiger partial charge in [0.15, 0.2) is 0 Å². The summed E-state index contributed by atoms with van der Waals surface area (Å²) < 4.78 is 76.9. The van der Waals surface area contributed by atoms with Crippen LogP contribution in [0.15, 0.2) is 12.4 Å². The Kier molecular flexibility index (Phi) is 5.50. The summed E-state index contributed by atoms with van der Waals surface area (Å²) in [4.78, 5) is 3.50. The molecule has 22 heavy (non-hydrogen) atoms. The van der Waals surface area contributed by atoms with E-state index in [1.807, 2.05) is 0 Å². The maximum Gasteiger partial charge on any atom is 0.424 e. The lowest BCUT2D eigenvalue weighted by Crippen LogP contribution is -2.47. The van der Waals surface area contributed by atoms with E-state index >= 15 is 0 Å². The van der Waals surface area contributed by atoms with Crippen molar-refractivity contribution in [3.8, 4) is 0 Å². The Morgan fingerprint density at radius 3 is 2.27 bits per heavy atom. The lowest BCUT2D eigenvalue weighted by atomic mass is 9.97. The van der Waals surface area contributed by atoms with Crippen molar-refractivity contribution in [2.75, 3.05) is 6.54 Å². The quantitative estimate of drug-likeness (QED) is 0.787. The summed E-state index contributed by atoms with van der Waals surface area (Å²) in [5.41, 5.74) is -3.23. The highest BCUT2D eigenvalue weighted by Crippen LogP contribution is 2.40. The van der Waals surface area contributed by atoms with Crippen LogP contribution in [0.25, 0.3) is 0 Å². The van der Waals surface area contributed by atoms with Gasteiger partial charge in [-0.25, -0.2) is 4.98 Å². The fourth-order valence-corrected chi connectivity index (χ4v) is 2.06. The molecule has 0 bridgehead atoms. The first-order valence-electron chi connectivity index (χ1n) is 6.44. The van der Waals surface area contributed by atoms with Gasteiger partial charge in [0.05, 0.1) is 6.42 Å². The third-order valence-electron chi connectivity index (χ3n) is 3.18. The number of rotatable bonds is 6. The molecule has 128 valence electrons. The highest BCUT2D eigenvalue weighted by Gasteiger charge is 2.57. The van der Waals surface area contributed by atoms with Crippen molar-refractivity contribution in [3.63, 3.8) is 0 Å². The highest BCUT2D eigenvalue weighted by atomic mass is 19.4.